The Morgan fingerprint density at radius 2 is 2.10 bits per heavy atom. The van der Waals surface area contributed by atoms with E-state index < -0.39 is 0 Å². The lowest BCUT2D eigenvalue weighted by Gasteiger charge is -2.06. The van der Waals surface area contributed by atoms with Crippen molar-refractivity contribution in [1.82, 2.24) is 14.6 Å². The molecule has 2 aromatic heterocycles. The van der Waals surface area contributed by atoms with E-state index in [2.05, 4.69) is 15.5 Å². The summed E-state index contributed by atoms with van der Waals surface area (Å²) in [6, 6.07) is 9.76. The molecule has 3 aromatic rings. The van der Waals surface area contributed by atoms with E-state index in [0.29, 0.717) is 16.9 Å². The van der Waals surface area contributed by atoms with Crippen molar-refractivity contribution in [1.29, 1.82) is 0 Å². The molecule has 0 aliphatic heterocycles. The Labute approximate surface area is 114 Å². The third kappa shape index (κ3) is 2.18. The number of pyridine rings is 1. The second kappa shape index (κ2) is 4.65. The molecule has 0 atom stereocenters. The summed E-state index contributed by atoms with van der Waals surface area (Å²) in [6.07, 6.45) is 1.75. The van der Waals surface area contributed by atoms with E-state index in [4.69, 9.17) is 0 Å². The van der Waals surface area contributed by atoms with E-state index in [1.807, 2.05) is 6.92 Å². The van der Waals surface area contributed by atoms with Gasteiger partial charge in [-0.05, 0) is 31.2 Å². The van der Waals surface area contributed by atoms with Crippen LogP contribution in [-0.4, -0.2) is 25.6 Å². The van der Waals surface area contributed by atoms with Gasteiger partial charge in [0.1, 0.15) is 11.6 Å². The average Bonchev–Trinajstić information content (AvgIpc) is 2.80. The molecule has 1 aromatic carbocycles. The minimum absolute atomic E-state index is 0.103. The number of carbonyl (C=O) groups excluding carboxylic acids is 1. The highest BCUT2D eigenvalue weighted by Crippen LogP contribution is 2.16. The van der Waals surface area contributed by atoms with E-state index in [0.717, 1.165) is 5.82 Å². The van der Waals surface area contributed by atoms with Crippen molar-refractivity contribution >= 4 is 17.2 Å². The fraction of sp³-hybridized carbons (Fsp3) is 0.0714. The van der Waals surface area contributed by atoms with E-state index in [1.165, 1.54) is 6.07 Å². The van der Waals surface area contributed by atoms with Gasteiger partial charge in [0.25, 0.3) is 5.91 Å². The number of aromatic nitrogens is 3. The monoisotopic (exact) mass is 268 g/mol. The van der Waals surface area contributed by atoms with Crippen molar-refractivity contribution < 1.29 is 9.90 Å². The molecule has 0 saturated heterocycles. The number of benzene rings is 1. The number of aryl methyl sites for hydroxylation is 1. The molecule has 0 aliphatic carbocycles. The number of phenolic OH excluding ortho intramolecular Hbond substituents is 1. The number of nitrogens with one attached hydrogen (secondary N) is 1. The minimum atomic E-state index is -0.265. The van der Waals surface area contributed by atoms with Crippen LogP contribution in [0.15, 0.2) is 42.6 Å². The maximum absolute atomic E-state index is 12.1. The molecule has 0 bridgehead atoms. The first-order valence-corrected chi connectivity index (χ1v) is 6.05. The average molecular weight is 268 g/mol. The smallest absolute Gasteiger partial charge is 0.255 e. The highest BCUT2D eigenvalue weighted by molar-refractivity contribution is 6.04. The minimum Gasteiger partial charge on any atom is -0.508 e. The van der Waals surface area contributed by atoms with E-state index in [9.17, 15) is 9.90 Å². The largest absolute Gasteiger partial charge is 0.508 e. The normalized spacial score (nSPS) is 10.7. The Kier molecular flexibility index (Phi) is 2.83. The maximum atomic E-state index is 12.1. The lowest BCUT2D eigenvalue weighted by atomic mass is 10.2. The zero-order valence-corrected chi connectivity index (χ0v) is 10.7. The number of aromatic hydroxyl groups is 1. The van der Waals surface area contributed by atoms with Crippen LogP contribution in [-0.2, 0) is 0 Å². The van der Waals surface area contributed by atoms with Crippen molar-refractivity contribution in [3.63, 3.8) is 0 Å². The SMILES string of the molecule is Cc1nnc2cc(C(=O)Nc3cccc(O)c3)ccn12. The summed E-state index contributed by atoms with van der Waals surface area (Å²) >= 11 is 0. The first-order valence-electron chi connectivity index (χ1n) is 6.05. The highest BCUT2D eigenvalue weighted by Gasteiger charge is 2.09. The Bertz CT molecular complexity index is 795. The molecular weight excluding hydrogens is 256 g/mol. The van der Waals surface area contributed by atoms with E-state index >= 15 is 0 Å². The van der Waals surface area contributed by atoms with Crippen LogP contribution in [0.3, 0.4) is 0 Å². The molecule has 6 heteroatoms. The highest BCUT2D eigenvalue weighted by atomic mass is 16.3. The molecule has 0 aliphatic rings. The molecule has 20 heavy (non-hydrogen) atoms. The zero-order valence-electron chi connectivity index (χ0n) is 10.7. The number of hydrogen-bond acceptors (Lipinski definition) is 4. The second-order valence-electron chi connectivity index (χ2n) is 4.40. The molecule has 0 saturated carbocycles. The Balaban J connectivity index is 1.88. The lowest BCUT2D eigenvalue weighted by Crippen LogP contribution is -2.12. The summed E-state index contributed by atoms with van der Waals surface area (Å²) in [5.41, 5.74) is 1.63. The number of hydrogen-bond donors (Lipinski definition) is 2. The van der Waals surface area contributed by atoms with Crippen LogP contribution in [0.4, 0.5) is 5.69 Å². The standard InChI is InChI=1S/C14H12N4O2/c1-9-16-17-13-7-10(5-6-18(9)13)14(20)15-11-3-2-4-12(19)8-11/h2-8,19H,1H3,(H,15,20). The number of nitrogens with zero attached hydrogens (tertiary/aromatic N) is 3. The van der Waals surface area contributed by atoms with Crippen LogP contribution >= 0.6 is 0 Å². The van der Waals surface area contributed by atoms with Gasteiger partial charge >= 0.3 is 0 Å². The first kappa shape index (κ1) is 12.2. The zero-order chi connectivity index (χ0) is 14.1. The molecule has 3 rings (SSSR count). The van der Waals surface area contributed by atoms with Crippen molar-refractivity contribution in [2.75, 3.05) is 5.32 Å². The van der Waals surface area contributed by atoms with Gasteiger partial charge in [-0.1, -0.05) is 6.07 Å². The number of rotatable bonds is 2. The van der Waals surface area contributed by atoms with Gasteiger partial charge in [0.15, 0.2) is 5.65 Å². The van der Waals surface area contributed by atoms with Crippen molar-refractivity contribution in [3.05, 3.63) is 54.0 Å². The molecule has 0 unspecified atom stereocenters. The molecule has 100 valence electrons. The third-order valence-corrected chi connectivity index (χ3v) is 2.95. The molecule has 1 amide bonds. The first-order chi connectivity index (χ1) is 9.63. The van der Waals surface area contributed by atoms with Crippen LogP contribution in [0.2, 0.25) is 0 Å². The second-order valence-corrected chi connectivity index (χ2v) is 4.40. The summed E-state index contributed by atoms with van der Waals surface area (Å²) in [5, 5.41) is 20.0. The molecule has 0 fully saturated rings. The fourth-order valence-corrected chi connectivity index (χ4v) is 1.94. The molecule has 6 nitrogen and oxygen atoms in total. The summed E-state index contributed by atoms with van der Waals surface area (Å²) in [5.74, 6) is 0.602. The number of carbonyl (C=O) groups is 1. The number of phenols is 1. The lowest BCUT2D eigenvalue weighted by molar-refractivity contribution is 0.102. The van der Waals surface area contributed by atoms with Gasteiger partial charge in [0.05, 0.1) is 0 Å². The van der Waals surface area contributed by atoms with Crippen LogP contribution in [0.1, 0.15) is 16.2 Å². The van der Waals surface area contributed by atoms with Gasteiger partial charge in [-0.3, -0.25) is 9.20 Å². The number of fused-ring (bicyclic) bond motifs is 1. The molecule has 0 radical (unpaired) electrons. The van der Waals surface area contributed by atoms with Crippen LogP contribution in [0.25, 0.3) is 5.65 Å². The van der Waals surface area contributed by atoms with Crippen LogP contribution < -0.4 is 5.32 Å². The van der Waals surface area contributed by atoms with E-state index in [-0.39, 0.29) is 11.7 Å². The number of amides is 1. The van der Waals surface area contributed by atoms with Crippen LogP contribution in [0, 0.1) is 6.92 Å². The molecular formula is C14H12N4O2. The topological polar surface area (TPSA) is 79.5 Å². The van der Waals surface area contributed by atoms with Gasteiger partial charge in [-0.25, -0.2) is 0 Å². The van der Waals surface area contributed by atoms with Gasteiger partial charge in [-0.15, -0.1) is 10.2 Å². The number of anilines is 1. The summed E-state index contributed by atoms with van der Waals surface area (Å²) in [4.78, 5) is 12.1. The van der Waals surface area contributed by atoms with Gasteiger partial charge in [0.2, 0.25) is 0 Å². The van der Waals surface area contributed by atoms with E-state index in [1.54, 1.807) is 40.9 Å². The molecule has 0 spiro atoms. The van der Waals surface area contributed by atoms with Gasteiger partial charge in [0, 0.05) is 23.5 Å². The summed E-state index contributed by atoms with van der Waals surface area (Å²) in [6.45, 7) is 1.84. The van der Waals surface area contributed by atoms with Gasteiger partial charge < -0.3 is 10.4 Å². The Morgan fingerprint density at radius 3 is 2.90 bits per heavy atom. The molecule has 2 heterocycles. The fourth-order valence-electron chi connectivity index (χ4n) is 1.94. The predicted molar refractivity (Wildman–Crippen MR) is 73.8 cm³/mol. The maximum Gasteiger partial charge on any atom is 0.255 e. The molecule has 2 N–H and O–H groups in total. The quantitative estimate of drug-likeness (QED) is 0.745. The summed E-state index contributed by atoms with van der Waals surface area (Å²) < 4.78 is 1.80. The van der Waals surface area contributed by atoms with Gasteiger partial charge in [-0.2, -0.15) is 0 Å². The Morgan fingerprint density at radius 1 is 1.25 bits per heavy atom. The van der Waals surface area contributed by atoms with Crippen LogP contribution in [0.5, 0.6) is 5.75 Å². The Hall–Kier alpha value is -2.89. The predicted octanol–water partition coefficient (Wildman–Crippen LogP) is 2.00. The van der Waals surface area contributed by atoms with Crippen molar-refractivity contribution in [3.8, 4) is 5.75 Å². The van der Waals surface area contributed by atoms with Crippen molar-refractivity contribution in [2.45, 2.75) is 6.92 Å². The third-order valence-electron chi connectivity index (χ3n) is 2.95. The summed E-state index contributed by atoms with van der Waals surface area (Å²) in [7, 11) is 0. The van der Waals surface area contributed by atoms with Crippen molar-refractivity contribution in [2.24, 2.45) is 0 Å².